The predicted octanol–water partition coefficient (Wildman–Crippen LogP) is 2.23. The van der Waals surface area contributed by atoms with Crippen molar-refractivity contribution in [1.29, 1.82) is 0 Å². The Labute approximate surface area is 122 Å². The van der Waals surface area contributed by atoms with Crippen LogP contribution in [-0.4, -0.2) is 42.8 Å². The maximum atomic E-state index is 5.20. The molecular weight excluding hydrogens is 252 g/mol. The SMILES string of the molecule is CCNCc1cnc(N(CCOC)C(CC)CC)nc1. The zero-order valence-electron chi connectivity index (χ0n) is 13.2. The number of hydrogen-bond acceptors (Lipinski definition) is 5. The molecule has 1 N–H and O–H groups in total. The average Bonchev–Trinajstić information content (AvgIpc) is 2.50. The van der Waals surface area contributed by atoms with Crippen LogP contribution in [-0.2, 0) is 11.3 Å². The lowest BCUT2D eigenvalue weighted by molar-refractivity contribution is 0.202. The fraction of sp³-hybridized carbons (Fsp3) is 0.733. The number of anilines is 1. The van der Waals surface area contributed by atoms with Crippen LogP contribution in [0.5, 0.6) is 0 Å². The summed E-state index contributed by atoms with van der Waals surface area (Å²) in [5.74, 6) is 0.802. The van der Waals surface area contributed by atoms with E-state index >= 15 is 0 Å². The van der Waals surface area contributed by atoms with E-state index in [1.165, 1.54) is 0 Å². The number of ether oxygens (including phenoxy) is 1. The Morgan fingerprint density at radius 2 is 1.85 bits per heavy atom. The summed E-state index contributed by atoms with van der Waals surface area (Å²) >= 11 is 0. The normalized spacial score (nSPS) is 11.1. The topological polar surface area (TPSA) is 50.3 Å². The smallest absolute Gasteiger partial charge is 0.225 e. The lowest BCUT2D eigenvalue weighted by atomic mass is 10.1. The van der Waals surface area contributed by atoms with E-state index < -0.39 is 0 Å². The van der Waals surface area contributed by atoms with Crippen molar-refractivity contribution >= 4 is 5.95 Å². The lowest BCUT2D eigenvalue weighted by Crippen LogP contribution is -2.38. The highest BCUT2D eigenvalue weighted by molar-refractivity contribution is 5.31. The molecule has 0 aromatic carbocycles. The van der Waals surface area contributed by atoms with Crippen molar-refractivity contribution in [3.8, 4) is 0 Å². The summed E-state index contributed by atoms with van der Waals surface area (Å²) in [6.45, 7) is 9.79. The number of nitrogens with zero attached hydrogens (tertiary/aromatic N) is 3. The lowest BCUT2D eigenvalue weighted by Gasteiger charge is -2.30. The Hall–Kier alpha value is -1.20. The molecule has 0 aliphatic heterocycles. The summed E-state index contributed by atoms with van der Waals surface area (Å²) in [5.41, 5.74) is 1.12. The molecular formula is C15H28N4O. The van der Waals surface area contributed by atoms with Gasteiger partial charge in [-0.2, -0.15) is 0 Å². The van der Waals surface area contributed by atoms with Gasteiger partial charge < -0.3 is 15.0 Å². The van der Waals surface area contributed by atoms with Crippen LogP contribution in [0.2, 0.25) is 0 Å². The third-order valence-corrected chi connectivity index (χ3v) is 3.45. The fourth-order valence-corrected chi connectivity index (χ4v) is 2.22. The summed E-state index contributed by atoms with van der Waals surface area (Å²) in [6.07, 6.45) is 5.99. The van der Waals surface area contributed by atoms with Crippen molar-refractivity contribution in [3.63, 3.8) is 0 Å². The number of aromatic nitrogens is 2. The molecule has 5 heteroatoms. The van der Waals surface area contributed by atoms with Crippen molar-refractivity contribution in [1.82, 2.24) is 15.3 Å². The maximum Gasteiger partial charge on any atom is 0.225 e. The Morgan fingerprint density at radius 1 is 1.20 bits per heavy atom. The Bertz CT molecular complexity index is 351. The largest absolute Gasteiger partial charge is 0.383 e. The number of nitrogens with one attached hydrogen (secondary N) is 1. The molecule has 20 heavy (non-hydrogen) atoms. The molecule has 0 radical (unpaired) electrons. The second kappa shape index (κ2) is 9.66. The van der Waals surface area contributed by atoms with Gasteiger partial charge in [-0.15, -0.1) is 0 Å². The fourth-order valence-electron chi connectivity index (χ4n) is 2.22. The predicted molar refractivity (Wildman–Crippen MR) is 83.0 cm³/mol. The minimum Gasteiger partial charge on any atom is -0.383 e. The molecule has 1 aromatic rings. The van der Waals surface area contributed by atoms with Gasteiger partial charge in [-0.25, -0.2) is 9.97 Å². The quantitative estimate of drug-likeness (QED) is 0.712. The number of hydrogen-bond donors (Lipinski definition) is 1. The highest BCUT2D eigenvalue weighted by atomic mass is 16.5. The molecule has 0 unspecified atom stereocenters. The first-order valence-electron chi connectivity index (χ1n) is 7.53. The van der Waals surface area contributed by atoms with Crippen LogP contribution in [0.3, 0.4) is 0 Å². The average molecular weight is 280 g/mol. The summed E-state index contributed by atoms with van der Waals surface area (Å²) in [6, 6.07) is 0.463. The Balaban J connectivity index is 2.78. The van der Waals surface area contributed by atoms with E-state index in [2.05, 4.69) is 41.0 Å². The summed E-state index contributed by atoms with van der Waals surface area (Å²) < 4.78 is 5.20. The van der Waals surface area contributed by atoms with Crippen molar-refractivity contribution in [2.45, 2.75) is 46.2 Å². The molecule has 0 saturated carbocycles. The molecule has 0 aliphatic carbocycles. The molecule has 0 bridgehead atoms. The summed E-state index contributed by atoms with van der Waals surface area (Å²) in [7, 11) is 1.73. The highest BCUT2D eigenvalue weighted by Crippen LogP contribution is 2.15. The molecule has 0 atom stereocenters. The molecule has 0 saturated heterocycles. The molecule has 5 nitrogen and oxygen atoms in total. The van der Waals surface area contributed by atoms with Gasteiger partial charge in [0.05, 0.1) is 6.61 Å². The van der Waals surface area contributed by atoms with E-state index in [4.69, 9.17) is 4.74 Å². The molecule has 1 heterocycles. The Kier molecular flexibility index (Phi) is 8.14. The third kappa shape index (κ3) is 5.06. The van der Waals surface area contributed by atoms with Crippen molar-refractivity contribution in [2.24, 2.45) is 0 Å². The molecule has 1 aromatic heterocycles. The van der Waals surface area contributed by atoms with Gasteiger partial charge in [-0.3, -0.25) is 0 Å². The second-order valence-corrected chi connectivity index (χ2v) is 4.83. The van der Waals surface area contributed by atoms with Crippen molar-refractivity contribution < 1.29 is 4.74 Å². The summed E-state index contributed by atoms with van der Waals surface area (Å²) in [4.78, 5) is 11.3. The van der Waals surface area contributed by atoms with Crippen LogP contribution in [0.25, 0.3) is 0 Å². The van der Waals surface area contributed by atoms with E-state index in [1.807, 2.05) is 12.4 Å². The van der Waals surface area contributed by atoms with E-state index in [0.29, 0.717) is 12.6 Å². The van der Waals surface area contributed by atoms with E-state index in [1.54, 1.807) is 7.11 Å². The highest BCUT2D eigenvalue weighted by Gasteiger charge is 2.17. The summed E-state index contributed by atoms with van der Waals surface area (Å²) in [5, 5.41) is 3.28. The van der Waals surface area contributed by atoms with Crippen molar-refractivity contribution in [2.75, 3.05) is 31.7 Å². The van der Waals surface area contributed by atoms with Gasteiger partial charge in [0.1, 0.15) is 0 Å². The molecule has 0 amide bonds. The van der Waals surface area contributed by atoms with E-state index in [-0.39, 0.29) is 0 Å². The van der Waals surface area contributed by atoms with E-state index in [9.17, 15) is 0 Å². The number of rotatable bonds is 10. The monoisotopic (exact) mass is 280 g/mol. The van der Waals surface area contributed by atoms with Crippen LogP contribution >= 0.6 is 0 Å². The zero-order chi connectivity index (χ0) is 14.8. The van der Waals surface area contributed by atoms with Crippen LogP contribution in [0, 0.1) is 0 Å². The molecule has 0 spiro atoms. The van der Waals surface area contributed by atoms with Gasteiger partial charge in [0.25, 0.3) is 0 Å². The third-order valence-electron chi connectivity index (χ3n) is 3.45. The molecule has 0 fully saturated rings. The van der Waals surface area contributed by atoms with Gasteiger partial charge in [0, 0.05) is 44.2 Å². The van der Waals surface area contributed by atoms with Crippen molar-refractivity contribution in [3.05, 3.63) is 18.0 Å². The van der Waals surface area contributed by atoms with E-state index in [0.717, 1.165) is 44.0 Å². The van der Waals surface area contributed by atoms with Gasteiger partial charge in [0.2, 0.25) is 5.95 Å². The van der Waals surface area contributed by atoms with Gasteiger partial charge >= 0.3 is 0 Å². The Morgan fingerprint density at radius 3 is 2.35 bits per heavy atom. The minimum absolute atomic E-state index is 0.463. The standard InChI is InChI=1S/C15H28N4O/c1-5-14(6-2)19(8-9-20-4)15-17-11-13(12-18-15)10-16-7-3/h11-12,14,16H,5-10H2,1-4H3. The number of methoxy groups -OCH3 is 1. The second-order valence-electron chi connectivity index (χ2n) is 4.83. The van der Waals surface area contributed by atoms with Crippen LogP contribution in [0.15, 0.2) is 12.4 Å². The van der Waals surface area contributed by atoms with Gasteiger partial charge in [0.15, 0.2) is 0 Å². The first-order chi connectivity index (χ1) is 9.76. The maximum absolute atomic E-state index is 5.20. The van der Waals surface area contributed by atoms with Crippen LogP contribution < -0.4 is 10.2 Å². The minimum atomic E-state index is 0.463. The zero-order valence-corrected chi connectivity index (χ0v) is 13.2. The first-order valence-corrected chi connectivity index (χ1v) is 7.53. The van der Waals surface area contributed by atoms with Crippen LogP contribution in [0.4, 0.5) is 5.95 Å². The molecule has 114 valence electrons. The first kappa shape index (κ1) is 16.9. The van der Waals surface area contributed by atoms with Gasteiger partial charge in [-0.05, 0) is 19.4 Å². The van der Waals surface area contributed by atoms with Crippen LogP contribution in [0.1, 0.15) is 39.2 Å². The molecule has 0 aliphatic rings. The van der Waals surface area contributed by atoms with Gasteiger partial charge in [-0.1, -0.05) is 20.8 Å². The molecule has 1 rings (SSSR count).